The van der Waals surface area contributed by atoms with Gasteiger partial charge in [0, 0.05) is 11.3 Å². The normalized spacial score (nSPS) is 30.2. The van der Waals surface area contributed by atoms with Crippen LogP contribution in [-0.4, -0.2) is 59.8 Å². The van der Waals surface area contributed by atoms with Crippen LogP contribution >= 0.6 is 0 Å². The van der Waals surface area contributed by atoms with Gasteiger partial charge >= 0.3 is 0 Å². The minimum Gasteiger partial charge on any atom is -0.394 e. The van der Waals surface area contributed by atoms with Crippen LogP contribution in [0.1, 0.15) is 23.1 Å². The van der Waals surface area contributed by atoms with Crippen LogP contribution in [0.2, 0.25) is 0 Å². The molecule has 108 valence electrons. The van der Waals surface area contributed by atoms with Gasteiger partial charge in [0.2, 0.25) is 0 Å². The summed E-state index contributed by atoms with van der Waals surface area (Å²) in [6.45, 7) is 3.25. The summed E-state index contributed by atoms with van der Waals surface area (Å²) in [5.74, 6) is 0.468. The van der Waals surface area contributed by atoms with Crippen LogP contribution in [0.15, 0.2) is 6.33 Å². The molecule has 0 saturated carbocycles. The average molecular weight is 280 g/mol. The Morgan fingerprint density at radius 1 is 1.30 bits per heavy atom. The molecule has 3 heterocycles. The molecule has 1 aliphatic heterocycles. The summed E-state index contributed by atoms with van der Waals surface area (Å²) in [7, 11) is 0. The highest BCUT2D eigenvalue weighted by Crippen LogP contribution is 2.36. The molecular formula is C12H16N4O4. The maximum absolute atomic E-state index is 10.1. The topological polar surface area (TPSA) is 113 Å². The molecule has 0 unspecified atom stereocenters. The van der Waals surface area contributed by atoms with Crippen LogP contribution < -0.4 is 0 Å². The molecule has 0 bridgehead atoms. The number of ether oxygens (including phenoxy) is 1. The second-order valence-corrected chi connectivity index (χ2v) is 4.93. The third kappa shape index (κ3) is 1.80. The number of aliphatic hydroxyl groups is 3. The molecular weight excluding hydrogens is 264 g/mol. The van der Waals surface area contributed by atoms with Crippen LogP contribution in [-0.2, 0) is 4.74 Å². The Morgan fingerprint density at radius 2 is 2.05 bits per heavy atom. The summed E-state index contributed by atoms with van der Waals surface area (Å²) in [6, 6.07) is 0. The standard InChI is InChI=1S/C12H16N4O4/c1-5-8(6(2)16-12(15-5)13-4-14-16)11-10(19)9(18)7(3-17)20-11/h4,7,9-11,17-19H,3H2,1-2H3/t7-,9-,10-,11+/m1/s1. The molecule has 0 aromatic carbocycles. The number of hydrogen-bond acceptors (Lipinski definition) is 7. The van der Waals surface area contributed by atoms with Gasteiger partial charge in [0.15, 0.2) is 0 Å². The van der Waals surface area contributed by atoms with E-state index >= 15 is 0 Å². The summed E-state index contributed by atoms with van der Waals surface area (Å²) < 4.78 is 7.11. The number of fused-ring (bicyclic) bond motifs is 1. The molecule has 0 amide bonds. The van der Waals surface area contributed by atoms with E-state index in [0.717, 1.165) is 5.69 Å². The maximum atomic E-state index is 10.1. The predicted octanol–water partition coefficient (Wildman–Crippen LogP) is -1.10. The van der Waals surface area contributed by atoms with E-state index in [1.807, 2.05) is 6.92 Å². The summed E-state index contributed by atoms with van der Waals surface area (Å²) in [5, 5.41) is 33.2. The van der Waals surface area contributed by atoms with Gasteiger partial charge in [-0.25, -0.2) is 9.50 Å². The first kappa shape index (κ1) is 13.4. The van der Waals surface area contributed by atoms with E-state index < -0.39 is 24.4 Å². The molecule has 0 aliphatic carbocycles. The Balaban J connectivity index is 2.10. The summed E-state index contributed by atoms with van der Waals surface area (Å²) in [4.78, 5) is 8.33. The van der Waals surface area contributed by atoms with Gasteiger partial charge in [-0.05, 0) is 13.8 Å². The summed E-state index contributed by atoms with van der Waals surface area (Å²) in [5.41, 5.74) is 2.04. The number of aromatic nitrogens is 4. The van der Waals surface area contributed by atoms with E-state index in [0.29, 0.717) is 17.0 Å². The number of aryl methyl sites for hydroxylation is 2. The lowest BCUT2D eigenvalue weighted by atomic mass is 9.99. The third-order valence-corrected chi connectivity index (χ3v) is 3.72. The van der Waals surface area contributed by atoms with Crippen molar-refractivity contribution in [3.05, 3.63) is 23.3 Å². The van der Waals surface area contributed by atoms with Crippen molar-refractivity contribution in [1.29, 1.82) is 0 Å². The highest BCUT2D eigenvalue weighted by atomic mass is 16.6. The van der Waals surface area contributed by atoms with E-state index in [2.05, 4.69) is 15.1 Å². The number of nitrogens with zero attached hydrogens (tertiary/aromatic N) is 4. The second kappa shape index (κ2) is 4.74. The van der Waals surface area contributed by atoms with Crippen LogP contribution in [0, 0.1) is 13.8 Å². The molecule has 20 heavy (non-hydrogen) atoms. The lowest BCUT2D eigenvalue weighted by molar-refractivity contribution is -0.0233. The van der Waals surface area contributed by atoms with Crippen molar-refractivity contribution in [2.24, 2.45) is 0 Å². The van der Waals surface area contributed by atoms with Gasteiger partial charge < -0.3 is 20.1 Å². The first-order valence-electron chi connectivity index (χ1n) is 6.34. The molecule has 1 fully saturated rings. The quantitative estimate of drug-likeness (QED) is 0.639. The largest absolute Gasteiger partial charge is 0.394 e. The van der Waals surface area contributed by atoms with Gasteiger partial charge in [0.1, 0.15) is 30.7 Å². The molecule has 0 spiro atoms. The van der Waals surface area contributed by atoms with Crippen molar-refractivity contribution in [3.63, 3.8) is 0 Å². The molecule has 3 rings (SSSR count). The zero-order valence-corrected chi connectivity index (χ0v) is 11.1. The summed E-state index contributed by atoms with van der Waals surface area (Å²) >= 11 is 0. The lowest BCUT2D eigenvalue weighted by Gasteiger charge is -2.19. The van der Waals surface area contributed by atoms with E-state index in [1.165, 1.54) is 6.33 Å². The van der Waals surface area contributed by atoms with E-state index in [1.54, 1.807) is 11.4 Å². The Hall–Kier alpha value is -1.61. The monoisotopic (exact) mass is 280 g/mol. The first-order valence-corrected chi connectivity index (χ1v) is 6.34. The Kier molecular flexibility index (Phi) is 3.17. The molecule has 8 nitrogen and oxygen atoms in total. The van der Waals surface area contributed by atoms with Crippen LogP contribution in [0.5, 0.6) is 0 Å². The molecule has 4 atom stereocenters. The molecule has 1 saturated heterocycles. The van der Waals surface area contributed by atoms with Gasteiger partial charge in [-0.2, -0.15) is 10.1 Å². The number of aliphatic hydroxyl groups excluding tert-OH is 3. The number of hydrogen-bond donors (Lipinski definition) is 3. The fourth-order valence-electron chi connectivity index (χ4n) is 2.68. The highest BCUT2D eigenvalue weighted by molar-refractivity contribution is 5.38. The lowest BCUT2D eigenvalue weighted by Crippen LogP contribution is -2.32. The average Bonchev–Trinajstić information content (AvgIpc) is 2.98. The SMILES string of the molecule is Cc1nc2ncnn2c(C)c1[C@@H]1O[C@H](CO)[C@@H](O)[C@H]1O. The zero-order valence-electron chi connectivity index (χ0n) is 11.1. The molecule has 3 N–H and O–H groups in total. The van der Waals surface area contributed by atoms with Gasteiger partial charge in [0.05, 0.1) is 12.3 Å². The van der Waals surface area contributed by atoms with Crippen LogP contribution in [0.4, 0.5) is 0 Å². The van der Waals surface area contributed by atoms with Crippen molar-refractivity contribution >= 4 is 5.78 Å². The molecule has 0 radical (unpaired) electrons. The maximum Gasteiger partial charge on any atom is 0.252 e. The van der Waals surface area contributed by atoms with Gasteiger partial charge in [-0.15, -0.1) is 0 Å². The van der Waals surface area contributed by atoms with E-state index in [-0.39, 0.29) is 6.61 Å². The third-order valence-electron chi connectivity index (χ3n) is 3.72. The molecule has 2 aromatic heterocycles. The highest BCUT2D eigenvalue weighted by Gasteiger charge is 2.44. The Labute approximate surface area is 114 Å². The molecule has 1 aliphatic rings. The predicted molar refractivity (Wildman–Crippen MR) is 67.0 cm³/mol. The zero-order chi connectivity index (χ0) is 14.4. The van der Waals surface area contributed by atoms with Crippen molar-refractivity contribution in [2.45, 2.75) is 38.3 Å². The summed E-state index contributed by atoms with van der Waals surface area (Å²) in [6.07, 6.45) is -2.40. The Bertz CT molecular complexity index is 644. The molecule has 8 heteroatoms. The van der Waals surface area contributed by atoms with Crippen molar-refractivity contribution in [2.75, 3.05) is 6.61 Å². The first-order chi connectivity index (χ1) is 9.54. The van der Waals surface area contributed by atoms with E-state index in [4.69, 9.17) is 9.84 Å². The number of rotatable bonds is 2. The fourth-order valence-corrected chi connectivity index (χ4v) is 2.68. The van der Waals surface area contributed by atoms with Crippen LogP contribution in [0.25, 0.3) is 5.78 Å². The second-order valence-electron chi connectivity index (χ2n) is 4.93. The van der Waals surface area contributed by atoms with Gasteiger partial charge in [-0.1, -0.05) is 0 Å². The minimum absolute atomic E-state index is 0.355. The smallest absolute Gasteiger partial charge is 0.252 e. The fraction of sp³-hybridized carbons (Fsp3) is 0.583. The van der Waals surface area contributed by atoms with Crippen molar-refractivity contribution in [3.8, 4) is 0 Å². The van der Waals surface area contributed by atoms with Crippen molar-refractivity contribution in [1.82, 2.24) is 19.6 Å². The van der Waals surface area contributed by atoms with Gasteiger partial charge in [0.25, 0.3) is 5.78 Å². The van der Waals surface area contributed by atoms with Gasteiger partial charge in [-0.3, -0.25) is 0 Å². The molecule has 2 aromatic rings. The van der Waals surface area contributed by atoms with Crippen molar-refractivity contribution < 1.29 is 20.1 Å². The van der Waals surface area contributed by atoms with Crippen LogP contribution in [0.3, 0.4) is 0 Å². The Morgan fingerprint density at radius 3 is 2.70 bits per heavy atom. The van der Waals surface area contributed by atoms with E-state index in [9.17, 15) is 10.2 Å². The minimum atomic E-state index is -1.13.